The van der Waals surface area contributed by atoms with Crippen LogP contribution >= 0.6 is 0 Å². The van der Waals surface area contributed by atoms with Gasteiger partial charge in [-0.05, 0) is 63.6 Å². The molecule has 0 unspecified atom stereocenters. The number of esters is 1. The van der Waals surface area contributed by atoms with Gasteiger partial charge in [0.2, 0.25) is 5.89 Å². The van der Waals surface area contributed by atoms with Crippen molar-refractivity contribution in [2.24, 2.45) is 0 Å². The van der Waals surface area contributed by atoms with E-state index < -0.39 is 11.6 Å². The van der Waals surface area contributed by atoms with Crippen molar-refractivity contribution in [3.63, 3.8) is 0 Å². The van der Waals surface area contributed by atoms with Crippen LogP contribution in [-0.4, -0.2) is 29.8 Å². The molecule has 0 saturated heterocycles. The molecular weight excluding hydrogens is 406 g/mol. The Kier molecular flexibility index (Phi) is 7.92. The molecule has 1 heterocycles. The van der Waals surface area contributed by atoms with Gasteiger partial charge in [-0.25, -0.2) is 9.78 Å². The first-order chi connectivity index (χ1) is 15.4. The monoisotopic (exact) mass is 437 g/mol. The number of hydrogen-bond donors (Lipinski definition) is 0. The van der Waals surface area contributed by atoms with Crippen molar-refractivity contribution < 1.29 is 23.4 Å². The zero-order chi connectivity index (χ0) is 23.0. The predicted octanol–water partition coefficient (Wildman–Crippen LogP) is 5.64. The van der Waals surface area contributed by atoms with Crippen molar-refractivity contribution in [3.8, 4) is 23.0 Å². The second-order valence-corrected chi connectivity index (χ2v) is 7.91. The summed E-state index contributed by atoms with van der Waals surface area (Å²) in [6.45, 7) is 8.06. The van der Waals surface area contributed by atoms with Gasteiger partial charge in [0.05, 0.1) is 18.9 Å². The van der Waals surface area contributed by atoms with Gasteiger partial charge in [0.25, 0.3) is 0 Å². The quantitative estimate of drug-likeness (QED) is 0.362. The summed E-state index contributed by atoms with van der Waals surface area (Å²) in [6.07, 6.45) is 2.48. The number of rotatable bonds is 11. The lowest BCUT2D eigenvalue weighted by atomic mass is 10.1. The molecule has 170 valence electrons. The average molecular weight is 438 g/mol. The van der Waals surface area contributed by atoms with Crippen molar-refractivity contribution in [1.82, 2.24) is 4.98 Å². The second kappa shape index (κ2) is 10.8. The van der Waals surface area contributed by atoms with E-state index in [0.717, 1.165) is 35.6 Å². The maximum Gasteiger partial charge on any atom is 0.349 e. The van der Waals surface area contributed by atoms with E-state index in [-0.39, 0.29) is 0 Å². The third kappa shape index (κ3) is 6.13. The average Bonchev–Trinajstić information content (AvgIpc) is 3.18. The molecule has 6 nitrogen and oxygen atoms in total. The summed E-state index contributed by atoms with van der Waals surface area (Å²) in [7, 11) is 0. The Hall–Kier alpha value is -3.28. The van der Waals surface area contributed by atoms with Crippen molar-refractivity contribution in [2.75, 3.05) is 13.2 Å². The molecule has 0 fully saturated rings. The summed E-state index contributed by atoms with van der Waals surface area (Å²) >= 11 is 0. The number of aromatic nitrogens is 1. The van der Waals surface area contributed by atoms with Crippen LogP contribution in [0.2, 0.25) is 0 Å². The first-order valence-electron chi connectivity index (χ1n) is 11.1. The summed E-state index contributed by atoms with van der Waals surface area (Å²) in [5.74, 6) is 2.46. The molecule has 0 spiro atoms. The molecule has 0 aliphatic rings. The van der Waals surface area contributed by atoms with Crippen molar-refractivity contribution in [2.45, 2.75) is 52.6 Å². The van der Waals surface area contributed by atoms with E-state index >= 15 is 0 Å². The fourth-order valence-corrected chi connectivity index (χ4v) is 3.22. The Bertz CT molecular complexity index is 993. The van der Waals surface area contributed by atoms with Gasteiger partial charge in [0, 0.05) is 18.4 Å². The standard InChI is InChI=1S/C26H31NO5/c1-5-10-23-22(27-24(31-23)19-11-8-7-9-12-19)17-18-30-20-13-15-21(16-14-20)32-26(3,4)25(28)29-6-2/h7-9,11-16H,5-6,10,17-18H2,1-4H3. The molecule has 1 aromatic heterocycles. The lowest BCUT2D eigenvalue weighted by Gasteiger charge is -2.24. The van der Waals surface area contributed by atoms with Crippen LogP contribution in [0.5, 0.6) is 11.5 Å². The number of oxazole rings is 1. The molecule has 2 aromatic carbocycles. The molecule has 32 heavy (non-hydrogen) atoms. The van der Waals surface area contributed by atoms with Gasteiger partial charge >= 0.3 is 5.97 Å². The normalized spacial score (nSPS) is 11.2. The minimum absolute atomic E-state index is 0.316. The van der Waals surface area contributed by atoms with Crippen LogP contribution in [0.25, 0.3) is 11.5 Å². The highest BCUT2D eigenvalue weighted by atomic mass is 16.6. The van der Waals surface area contributed by atoms with Gasteiger partial charge < -0.3 is 18.6 Å². The topological polar surface area (TPSA) is 70.8 Å². The van der Waals surface area contributed by atoms with Gasteiger partial charge in [0.1, 0.15) is 17.3 Å². The lowest BCUT2D eigenvalue weighted by molar-refractivity contribution is -0.158. The van der Waals surface area contributed by atoms with Gasteiger partial charge in [-0.1, -0.05) is 25.1 Å². The minimum atomic E-state index is -1.06. The van der Waals surface area contributed by atoms with Crippen LogP contribution in [0.4, 0.5) is 0 Å². The Balaban J connectivity index is 1.58. The zero-order valence-corrected chi connectivity index (χ0v) is 19.2. The molecule has 0 aliphatic carbocycles. The number of hydrogen-bond acceptors (Lipinski definition) is 6. The third-order valence-electron chi connectivity index (χ3n) is 4.85. The molecule has 0 atom stereocenters. The van der Waals surface area contributed by atoms with E-state index in [1.807, 2.05) is 42.5 Å². The predicted molar refractivity (Wildman–Crippen MR) is 123 cm³/mol. The Morgan fingerprint density at radius 2 is 1.66 bits per heavy atom. The highest BCUT2D eigenvalue weighted by Gasteiger charge is 2.31. The van der Waals surface area contributed by atoms with Gasteiger partial charge in [-0.15, -0.1) is 0 Å². The van der Waals surface area contributed by atoms with Gasteiger partial charge in [-0.3, -0.25) is 0 Å². The summed E-state index contributed by atoms with van der Waals surface area (Å²) in [4.78, 5) is 16.7. The Morgan fingerprint density at radius 1 is 0.969 bits per heavy atom. The highest BCUT2D eigenvalue weighted by molar-refractivity contribution is 5.79. The summed E-state index contributed by atoms with van der Waals surface area (Å²) in [5, 5.41) is 0. The number of ether oxygens (including phenoxy) is 3. The maximum atomic E-state index is 12.0. The van der Waals surface area contributed by atoms with E-state index in [1.165, 1.54) is 0 Å². The Labute approximate surface area is 189 Å². The van der Waals surface area contributed by atoms with Crippen LogP contribution in [0.1, 0.15) is 45.6 Å². The highest BCUT2D eigenvalue weighted by Crippen LogP contribution is 2.25. The van der Waals surface area contributed by atoms with Gasteiger partial charge in [0.15, 0.2) is 5.60 Å². The summed E-state index contributed by atoms with van der Waals surface area (Å²) in [5.41, 5.74) is 0.845. The van der Waals surface area contributed by atoms with Crippen molar-refractivity contribution in [3.05, 3.63) is 66.1 Å². The van der Waals surface area contributed by atoms with E-state index in [9.17, 15) is 4.79 Å². The smallest absolute Gasteiger partial charge is 0.349 e. The van der Waals surface area contributed by atoms with Crippen LogP contribution in [-0.2, 0) is 22.4 Å². The van der Waals surface area contributed by atoms with E-state index in [2.05, 4.69) is 6.92 Å². The molecule has 0 amide bonds. The van der Waals surface area contributed by atoms with Gasteiger partial charge in [-0.2, -0.15) is 0 Å². The molecule has 0 N–H and O–H groups in total. The van der Waals surface area contributed by atoms with Crippen LogP contribution in [0.15, 0.2) is 59.0 Å². The molecule has 0 saturated carbocycles. The molecule has 0 bridgehead atoms. The lowest BCUT2D eigenvalue weighted by Crippen LogP contribution is -2.39. The molecule has 0 radical (unpaired) electrons. The first kappa shape index (κ1) is 23.4. The van der Waals surface area contributed by atoms with Crippen LogP contribution in [0.3, 0.4) is 0 Å². The van der Waals surface area contributed by atoms with E-state index in [0.29, 0.717) is 31.3 Å². The SMILES string of the molecule is CCCc1oc(-c2ccccc2)nc1CCOc1ccc(OC(C)(C)C(=O)OCC)cc1. The molecule has 6 heteroatoms. The van der Waals surface area contributed by atoms with Crippen molar-refractivity contribution >= 4 is 5.97 Å². The van der Waals surface area contributed by atoms with E-state index in [4.69, 9.17) is 23.6 Å². The molecule has 3 aromatic rings. The number of benzene rings is 2. The number of carbonyl (C=O) groups excluding carboxylic acids is 1. The number of nitrogens with zero attached hydrogens (tertiary/aromatic N) is 1. The summed E-state index contributed by atoms with van der Waals surface area (Å²) < 4.78 is 22.8. The van der Waals surface area contributed by atoms with Crippen molar-refractivity contribution in [1.29, 1.82) is 0 Å². The number of carbonyl (C=O) groups is 1. The molecule has 0 aliphatic heterocycles. The largest absolute Gasteiger partial charge is 0.493 e. The molecular formula is C26H31NO5. The van der Waals surface area contributed by atoms with Crippen LogP contribution in [0, 0.1) is 0 Å². The summed E-state index contributed by atoms with van der Waals surface area (Å²) in [6, 6.07) is 17.1. The number of aryl methyl sites for hydroxylation is 1. The second-order valence-electron chi connectivity index (χ2n) is 7.91. The molecule has 3 rings (SSSR count). The fourth-order valence-electron chi connectivity index (χ4n) is 3.22. The van der Waals surface area contributed by atoms with Crippen LogP contribution < -0.4 is 9.47 Å². The minimum Gasteiger partial charge on any atom is -0.493 e. The van der Waals surface area contributed by atoms with E-state index in [1.54, 1.807) is 32.9 Å². The third-order valence-corrected chi connectivity index (χ3v) is 4.85. The Morgan fingerprint density at radius 3 is 2.31 bits per heavy atom. The fraction of sp³-hybridized carbons (Fsp3) is 0.385. The maximum absolute atomic E-state index is 12.0. The first-order valence-corrected chi connectivity index (χ1v) is 11.1. The zero-order valence-electron chi connectivity index (χ0n) is 19.2.